The molecule has 0 radical (unpaired) electrons. The van der Waals surface area contributed by atoms with E-state index in [4.69, 9.17) is 0 Å². The van der Waals surface area contributed by atoms with E-state index in [9.17, 15) is 9.59 Å². The number of rotatable bonds is 1. The molecular weight excluding hydrogens is 180 g/mol. The van der Waals surface area contributed by atoms with Crippen molar-refractivity contribution in [1.82, 2.24) is 10.2 Å². The van der Waals surface area contributed by atoms with Crippen LogP contribution in [0.15, 0.2) is 0 Å². The van der Waals surface area contributed by atoms with Crippen molar-refractivity contribution in [3.8, 4) is 0 Å². The van der Waals surface area contributed by atoms with E-state index in [0.717, 1.165) is 25.7 Å². The van der Waals surface area contributed by atoms with Crippen molar-refractivity contribution in [2.75, 3.05) is 7.05 Å². The van der Waals surface area contributed by atoms with Crippen LogP contribution in [-0.2, 0) is 9.59 Å². The van der Waals surface area contributed by atoms with Gasteiger partial charge in [-0.3, -0.25) is 9.59 Å². The molecule has 2 unspecified atom stereocenters. The molecule has 0 aliphatic carbocycles. The number of piperidine rings is 1. The molecule has 0 bridgehead atoms. The van der Waals surface area contributed by atoms with Gasteiger partial charge >= 0.3 is 0 Å². The molecule has 2 aliphatic heterocycles. The van der Waals surface area contributed by atoms with Gasteiger partial charge in [0.15, 0.2) is 0 Å². The maximum Gasteiger partial charge on any atom is 0.242 e. The van der Waals surface area contributed by atoms with Crippen molar-refractivity contribution >= 4 is 11.8 Å². The molecule has 4 heteroatoms. The van der Waals surface area contributed by atoms with E-state index < -0.39 is 0 Å². The molecule has 2 fully saturated rings. The van der Waals surface area contributed by atoms with Gasteiger partial charge in [-0.2, -0.15) is 0 Å². The molecule has 0 aromatic heterocycles. The first kappa shape index (κ1) is 9.49. The zero-order valence-corrected chi connectivity index (χ0v) is 8.45. The predicted molar refractivity (Wildman–Crippen MR) is 51.6 cm³/mol. The molecule has 0 saturated carbocycles. The number of likely N-dealkylation sites (N-methyl/N-ethyl adjacent to an activating group) is 1. The quantitative estimate of drug-likeness (QED) is 0.654. The van der Waals surface area contributed by atoms with Gasteiger partial charge in [0.25, 0.3) is 0 Å². The molecule has 2 rings (SSSR count). The summed E-state index contributed by atoms with van der Waals surface area (Å²) in [6.07, 6.45) is 4.49. The van der Waals surface area contributed by atoms with E-state index >= 15 is 0 Å². The fraction of sp³-hybridized carbons (Fsp3) is 0.800. The second kappa shape index (κ2) is 3.59. The average molecular weight is 196 g/mol. The van der Waals surface area contributed by atoms with E-state index in [-0.39, 0.29) is 17.9 Å². The first-order valence-electron chi connectivity index (χ1n) is 5.27. The van der Waals surface area contributed by atoms with Gasteiger partial charge in [-0.1, -0.05) is 0 Å². The minimum atomic E-state index is -0.196. The summed E-state index contributed by atoms with van der Waals surface area (Å²) >= 11 is 0. The summed E-state index contributed by atoms with van der Waals surface area (Å²) in [7, 11) is 1.63. The van der Waals surface area contributed by atoms with Crippen LogP contribution in [0.4, 0.5) is 0 Å². The van der Waals surface area contributed by atoms with Gasteiger partial charge < -0.3 is 10.2 Å². The SMILES string of the molecule is CNC(=O)C1CCC2CCCC(=O)N21. The highest BCUT2D eigenvalue weighted by molar-refractivity contribution is 5.88. The second-order valence-electron chi connectivity index (χ2n) is 4.05. The zero-order chi connectivity index (χ0) is 10.1. The largest absolute Gasteiger partial charge is 0.357 e. The Bertz CT molecular complexity index is 265. The number of hydrogen-bond acceptors (Lipinski definition) is 2. The van der Waals surface area contributed by atoms with Crippen LogP contribution in [0.3, 0.4) is 0 Å². The summed E-state index contributed by atoms with van der Waals surface area (Å²) in [4.78, 5) is 25.0. The highest BCUT2D eigenvalue weighted by Crippen LogP contribution is 2.32. The predicted octanol–water partition coefficient (Wildman–Crippen LogP) is 0.276. The van der Waals surface area contributed by atoms with Gasteiger partial charge in [-0.05, 0) is 25.7 Å². The third kappa shape index (κ3) is 1.38. The Morgan fingerprint density at radius 1 is 1.43 bits per heavy atom. The lowest BCUT2D eigenvalue weighted by Crippen LogP contribution is -2.49. The summed E-state index contributed by atoms with van der Waals surface area (Å²) in [6.45, 7) is 0. The van der Waals surface area contributed by atoms with E-state index in [1.165, 1.54) is 0 Å². The third-order valence-electron chi connectivity index (χ3n) is 3.27. The number of fused-ring (bicyclic) bond motifs is 1. The second-order valence-corrected chi connectivity index (χ2v) is 4.05. The summed E-state index contributed by atoms with van der Waals surface area (Å²) in [6, 6.07) is 0.136. The number of carbonyl (C=O) groups excluding carboxylic acids is 2. The van der Waals surface area contributed by atoms with Gasteiger partial charge in [-0.25, -0.2) is 0 Å². The molecule has 2 saturated heterocycles. The standard InChI is InChI=1S/C10H16N2O2/c1-11-10(14)8-6-5-7-3-2-4-9(13)12(7)8/h7-8H,2-6H2,1H3,(H,11,14). The average Bonchev–Trinajstić information content (AvgIpc) is 2.62. The Hall–Kier alpha value is -1.06. The van der Waals surface area contributed by atoms with Crippen LogP contribution in [0.5, 0.6) is 0 Å². The Kier molecular flexibility index (Phi) is 2.44. The molecule has 0 spiro atoms. The van der Waals surface area contributed by atoms with Gasteiger partial charge in [0.2, 0.25) is 11.8 Å². The molecule has 2 atom stereocenters. The van der Waals surface area contributed by atoms with Gasteiger partial charge in [0, 0.05) is 19.5 Å². The highest BCUT2D eigenvalue weighted by Gasteiger charge is 2.41. The van der Waals surface area contributed by atoms with E-state index in [0.29, 0.717) is 12.5 Å². The summed E-state index contributed by atoms with van der Waals surface area (Å²) < 4.78 is 0. The van der Waals surface area contributed by atoms with Gasteiger partial charge in [-0.15, -0.1) is 0 Å². The van der Waals surface area contributed by atoms with Crippen molar-refractivity contribution in [3.63, 3.8) is 0 Å². The number of nitrogens with one attached hydrogen (secondary N) is 1. The lowest BCUT2D eigenvalue weighted by molar-refractivity contribution is -0.142. The van der Waals surface area contributed by atoms with E-state index in [1.807, 2.05) is 4.90 Å². The molecular formula is C10H16N2O2. The van der Waals surface area contributed by atoms with Crippen molar-refractivity contribution in [3.05, 3.63) is 0 Å². The lowest BCUT2D eigenvalue weighted by Gasteiger charge is -2.33. The zero-order valence-electron chi connectivity index (χ0n) is 8.45. The Labute approximate surface area is 83.6 Å². The fourth-order valence-corrected chi connectivity index (χ4v) is 2.59. The van der Waals surface area contributed by atoms with Crippen molar-refractivity contribution in [1.29, 1.82) is 0 Å². The van der Waals surface area contributed by atoms with Gasteiger partial charge in [0.1, 0.15) is 6.04 Å². The number of amides is 2. The van der Waals surface area contributed by atoms with Crippen LogP contribution >= 0.6 is 0 Å². The smallest absolute Gasteiger partial charge is 0.242 e. The van der Waals surface area contributed by atoms with E-state index in [1.54, 1.807) is 7.05 Å². The minimum absolute atomic E-state index is 0.0113. The van der Waals surface area contributed by atoms with E-state index in [2.05, 4.69) is 5.32 Å². The Balaban J connectivity index is 2.14. The Morgan fingerprint density at radius 2 is 2.21 bits per heavy atom. The molecule has 2 amide bonds. The molecule has 78 valence electrons. The first-order chi connectivity index (χ1) is 6.74. The number of hydrogen-bond donors (Lipinski definition) is 1. The maximum absolute atomic E-state index is 11.7. The van der Waals surface area contributed by atoms with Crippen LogP contribution in [0.25, 0.3) is 0 Å². The molecule has 0 aromatic carbocycles. The highest BCUT2D eigenvalue weighted by atomic mass is 16.2. The maximum atomic E-state index is 11.7. The fourth-order valence-electron chi connectivity index (χ4n) is 2.59. The minimum Gasteiger partial charge on any atom is -0.357 e. The molecule has 1 N–H and O–H groups in total. The topological polar surface area (TPSA) is 49.4 Å². The molecule has 0 aromatic rings. The van der Waals surface area contributed by atoms with Crippen molar-refractivity contribution in [2.45, 2.75) is 44.2 Å². The third-order valence-corrected chi connectivity index (χ3v) is 3.27. The van der Waals surface area contributed by atoms with Crippen LogP contribution in [0.1, 0.15) is 32.1 Å². The number of nitrogens with zero attached hydrogens (tertiary/aromatic N) is 1. The number of carbonyl (C=O) groups is 2. The van der Waals surface area contributed by atoms with Crippen LogP contribution < -0.4 is 5.32 Å². The molecule has 2 aliphatic rings. The van der Waals surface area contributed by atoms with Crippen LogP contribution in [0, 0.1) is 0 Å². The summed E-state index contributed by atoms with van der Waals surface area (Å²) in [5.41, 5.74) is 0. The molecule has 14 heavy (non-hydrogen) atoms. The molecule has 4 nitrogen and oxygen atoms in total. The lowest BCUT2D eigenvalue weighted by atomic mass is 10.0. The molecule has 2 heterocycles. The monoisotopic (exact) mass is 196 g/mol. The van der Waals surface area contributed by atoms with Crippen molar-refractivity contribution in [2.24, 2.45) is 0 Å². The van der Waals surface area contributed by atoms with Crippen molar-refractivity contribution < 1.29 is 9.59 Å². The Morgan fingerprint density at radius 3 is 2.93 bits per heavy atom. The first-order valence-corrected chi connectivity index (χ1v) is 5.27. The normalized spacial score (nSPS) is 31.5. The summed E-state index contributed by atoms with van der Waals surface area (Å²) in [5.74, 6) is 0.148. The van der Waals surface area contributed by atoms with Gasteiger partial charge in [0.05, 0.1) is 0 Å². The van der Waals surface area contributed by atoms with Crippen LogP contribution in [-0.4, -0.2) is 35.8 Å². The van der Waals surface area contributed by atoms with Crippen LogP contribution in [0.2, 0.25) is 0 Å². The summed E-state index contributed by atoms with van der Waals surface area (Å²) in [5, 5.41) is 2.63.